The molecule has 0 amide bonds. The predicted octanol–water partition coefficient (Wildman–Crippen LogP) is 4.91. The van der Waals surface area contributed by atoms with Crippen molar-refractivity contribution in [2.75, 3.05) is 6.61 Å². The molecular formula is C14H18BrClO. The van der Waals surface area contributed by atoms with Gasteiger partial charge in [0.2, 0.25) is 0 Å². The Morgan fingerprint density at radius 2 is 2.18 bits per heavy atom. The van der Waals surface area contributed by atoms with E-state index < -0.39 is 0 Å². The van der Waals surface area contributed by atoms with Crippen LogP contribution in [-0.2, 0) is 4.74 Å². The van der Waals surface area contributed by atoms with E-state index >= 15 is 0 Å². The Labute approximate surface area is 117 Å². The summed E-state index contributed by atoms with van der Waals surface area (Å²) in [7, 11) is 0. The first kappa shape index (κ1) is 13.4. The van der Waals surface area contributed by atoms with Crippen molar-refractivity contribution >= 4 is 27.5 Å². The van der Waals surface area contributed by atoms with Crippen molar-refractivity contribution in [3.05, 3.63) is 33.3 Å². The summed E-state index contributed by atoms with van der Waals surface area (Å²) in [6.07, 6.45) is 3.59. The summed E-state index contributed by atoms with van der Waals surface area (Å²) >= 11 is 10.1. The van der Waals surface area contributed by atoms with Crippen molar-refractivity contribution in [3.63, 3.8) is 0 Å². The normalized spacial score (nSPS) is 21.8. The first-order valence-electron chi connectivity index (χ1n) is 6.10. The lowest BCUT2D eigenvalue weighted by Crippen LogP contribution is -2.09. The van der Waals surface area contributed by atoms with Crippen molar-refractivity contribution in [1.82, 2.24) is 0 Å². The highest BCUT2D eigenvalue weighted by Crippen LogP contribution is 2.34. The van der Waals surface area contributed by atoms with Gasteiger partial charge in [0.25, 0.3) is 0 Å². The van der Waals surface area contributed by atoms with E-state index in [9.17, 15) is 0 Å². The van der Waals surface area contributed by atoms with Crippen molar-refractivity contribution < 1.29 is 4.74 Å². The Kier molecular flexibility index (Phi) is 4.51. The SMILES string of the molecule is Cc1cc(C(Cl)CC2CCCO2)c(C)cc1Br. The third kappa shape index (κ3) is 3.24. The molecule has 0 N–H and O–H groups in total. The van der Waals surface area contributed by atoms with E-state index in [-0.39, 0.29) is 5.38 Å². The second-order valence-electron chi connectivity index (χ2n) is 4.80. The third-order valence-electron chi connectivity index (χ3n) is 3.38. The predicted molar refractivity (Wildman–Crippen MR) is 75.8 cm³/mol. The Hall–Kier alpha value is -0.0500. The summed E-state index contributed by atoms with van der Waals surface area (Å²) in [4.78, 5) is 0. The van der Waals surface area contributed by atoms with Crippen LogP contribution >= 0.6 is 27.5 Å². The van der Waals surface area contributed by atoms with Crippen LogP contribution in [0.3, 0.4) is 0 Å². The average Bonchev–Trinajstić information content (AvgIpc) is 2.76. The van der Waals surface area contributed by atoms with Gasteiger partial charge in [0, 0.05) is 11.1 Å². The number of rotatable bonds is 3. The average molecular weight is 318 g/mol. The van der Waals surface area contributed by atoms with Gasteiger partial charge in [-0.1, -0.05) is 22.0 Å². The molecule has 1 saturated heterocycles. The molecule has 1 aromatic rings. The first-order valence-corrected chi connectivity index (χ1v) is 7.33. The summed E-state index contributed by atoms with van der Waals surface area (Å²) < 4.78 is 6.80. The second-order valence-corrected chi connectivity index (χ2v) is 6.18. The maximum absolute atomic E-state index is 6.52. The lowest BCUT2D eigenvalue weighted by Gasteiger charge is -2.18. The number of benzene rings is 1. The molecule has 2 rings (SSSR count). The fraction of sp³-hybridized carbons (Fsp3) is 0.571. The number of alkyl halides is 1. The molecule has 0 saturated carbocycles. The maximum atomic E-state index is 6.52. The zero-order valence-corrected chi connectivity index (χ0v) is 12.6. The van der Waals surface area contributed by atoms with E-state index in [0.29, 0.717) is 6.10 Å². The molecule has 1 aliphatic rings. The summed E-state index contributed by atoms with van der Waals surface area (Å²) in [6, 6.07) is 4.33. The highest BCUT2D eigenvalue weighted by molar-refractivity contribution is 9.10. The Morgan fingerprint density at radius 3 is 2.82 bits per heavy atom. The van der Waals surface area contributed by atoms with Crippen LogP contribution in [0.2, 0.25) is 0 Å². The van der Waals surface area contributed by atoms with Crippen molar-refractivity contribution in [2.24, 2.45) is 0 Å². The Morgan fingerprint density at radius 1 is 1.41 bits per heavy atom. The highest BCUT2D eigenvalue weighted by Gasteiger charge is 2.21. The van der Waals surface area contributed by atoms with Crippen LogP contribution < -0.4 is 0 Å². The molecule has 1 heterocycles. The molecule has 1 aliphatic heterocycles. The largest absolute Gasteiger partial charge is 0.378 e. The lowest BCUT2D eigenvalue weighted by atomic mass is 9.98. The molecule has 1 fully saturated rings. The summed E-state index contributed by atoms with van der Waals surface area (Å²) in [6.45, 7) is 5.11. The fourth-order valence-corrected chi connectivity index (χ4v) is 3.22. The summed E-state index contributed by atoms with van der Waals surface area (Å²) in [5, 5.41) is 0.0601. The maximum Gasteiger partial charge on any atom is 0.0612 e. The minimum Gasteiger partial charge on any atom is -0.378 e. The molecule has 17 heavy (non-hydrogen) atoms. The molecule has 94 valence electrons. The molecule has 3 heteroatoms. The third-order valence-corrected chi connectivity index (χ3v) is 4.65. The first-order chi connectivity index (χ1) is 8.08. The minimum absolute atomic E-state index is 0.0601. The molecule has 2 atom stereocenters. The van der Waals surface area contributed by atoms with Crippen LogP contribution in [0.1, 0.15) is 41.3 Å². The summed E-state index contributed by atoms with van der Waals surface area (Å²) in [5.41, 5.74) is 3.73. The van der Waals surface area contributed by atoms with Crippen LogP contribution in [-0.4, -0.2) is 12.7 Å². The van der Waals surface area contributed by atoms with Gasteiger partial charge in [-0.25, -0.2) is 0 Å². The second kappa shape index (κ2) is 5.73. The van der Waals surface area contributed by atoms with Gasteiger partial charge < -0.3 is 4.74 Å². The van der Waals surface area contributed by atoms with Crippen LogP contribution in [0.25, 0.3) is 0 Å². The molecule has 1 nitrogen and oxygen atoms in total. The number of ether oxygens (including phenoxy) is 1. The van der Waals surface area contributed by atoms with Crippen molar-refractivity contribution in [1.29, 1.82) is 0 Å². The smallest absolute Gasteiger partial charge is 0.0612 e. The van der Waals surface area contributed by atoms with E-state index in [1.54, 1.807) is 0 Å². The minimum atomic E-state index is 0.0601. The number of hydrogen-bond donors (Lipinski definition) is 0. The standard InChI is InChI=1S/C14H18BrClO/c1-9-7-13(15)10(2)6-12(9)14(16)8-11-4-3-5-17-11/h6-7,11,14H,3-5,8H2,1-2H3. The Balaban J connectivity index is 2.12. The van der Waals surface area contributed by atoms with Crippen molar-refractivity contribution in [2.45, 2.75) is 44.6 Å². The van der Waals surface area contributed by atoms with Gasteiger partial charge in [0.15, 0.2) is 0 Å². The van der Waals surface area contributed by atoms with Crippen LogP contribution in [0, 0.1) is 13.8 Å². The van der Waals surface area contributed by atoms with Crippen molar-refractivity contribution in [3.8, 4) is 0 Å². The zero-order valence-electron chi connectivity index (χ0n) is 10.3. The number of aryl methyl sites for hydroxylation is 2. The van der Waals surface area contributed by atoms with E-state index in [0.717, 1.165) is 23.9 Å². The van der Waals surface area contributed by atoms with Gasteiger partial charge in [0.1, 0.15) is 0 Å². The fourth-order valence-electron chi connectivity index (χ4n) is 2.33. The van der Waals surface area contributed by atoms with E-state index in [1.807, 2.05) is 0 Å². The Bertz CT molecular complexity index is 399. The highest BCUT2D eigenvalue weighted by atomic mass is 79.9. The monoisotopic (exact) mass is 316 g/mol. The van der Waals surface area contributed by atoms with Gasteiger partial charge in [0.05, 0.1) is 11.5 Å². The van der Waals surface area contributed by atoms with Gasteiger partial charge in [-0.15, -0.1) is 11.6 Å². The molecule has 0 bridgehead atoms. The summed E-state index contributed by atoms with van der Waals surface area (Å²) in [5.74, 6) is 0. The van der Waals surface area contributed by atoms with E-state index in [1.165, 1.54) is 23.1 Å². The molecule has 0 aromatic heterocycles. The number of halogens is 2. The molecule has 0 aliphatic carbocycles. The van der Waals surface area contributed by atoms with Crippen LogP contribution in [0.5, 0.6) is 0 Å². The zero-order chi connectivity index (χ0) is 12.4. The van der Waals surface area contributed by atoms with E-state index in [4.69, 9.17) is 16.3 Å². The van der Waals surface area contributed by atoms with Gasteiger partial charge in [-0.05, 0) is 55.9 Å². The molecule has 1 aromatic carbocycles. The molecule has 0 radical (unpaired) electrons. The van der Waals surface area contributed by atoms with Crippen LogP contribution in [0.15, 0.2) is 16.6 Å². The quantitative estimate of drug-likeness (QED) is 0.719. The lowest BCUT2D eigenvalue weighted by molar-refractivity contribution is 0.103. The van der Waals surface area contributed by atoms with Crippen LogP contribution in [0.4, 0.5) is 0 Å². The number of hydrogen-bond acceptors (Lipinski definition) is 1. The molecule has 2 unspecified atom stereocenters. The van der Waals surface area contributed by atoms with E-state index in [2.05, 4.69) is 41.9 Å². The molecular weight excluding hydrogens is 300 g/mol. The van der Waals surface area contributed by atoms with Gasteiger partial charge in [-0.2, -0.15) is 0 Å². The van der Waals surface area contributed by atoms with Gasteiger partial charge in [-0.3, -0.25) is 0 Å². The topological polar surface area (TPSA) is 9.23 Å². The molecule has 0 spiro atoms. The van der Waals surface area contributed by atoms with Gasteiger partial charge >= 0.3 is 0 Å².